The van der Waals surface area contributed by atoms with Gasteiger partial charge in [-0.15, -0.1) is 54.1 Å². The number of furan rings is 1. The predicted molar refractivity (Wildman–Crippen MR) is 143 cm³/mol. The number of aryl methyl sites for hydroxylation is 1. The molecule has 3 nitrogen and oxygen atoms in total. The zero-order valence-electron chi connectivity index (χ0n) is 26.9. The first kappa shape index (κ1) is 17.8. The quantitative estimate of drug-likeness (QED) is 0.180. The number of pyridine rings is 2. The molecule has 0 aliphatic carbocycles. The van der Waals surface area contributed by atoms with E-state index >= 15 is 0 Å². The summed E-state index contributed by atoms with van der Waals surface area (Å²) in [6.07, 6.45) is 1.19. The molecule has 0 fully saturated rings. The van der Waals surface area contributed by atoms with Gasteiger partial charge in [0.15, 0.2) is 0 Å². The van der Waals surface area contributed by atoms with Crippen LogP contribution in [-0.4, -0.2) is 9.97 Å². The molecule has 0 amide bonds. The molecule has 6 aromatic rings. The van der Waals surface area contributed by atoms with Crippen LogP contribution in [0.4, 0.5) is 0 Å². The van der Waals surface area contributed by atoms with Gasteiger partial charge in [-0.2, -0.15) is 0 Å². The van der Waals surface area contributed by atoms with Crippen molar-refractivity contribution in [2.24, 2.45) is 0 Å². The van der Waals surface area contributed by atoms with Crippen LogP contribution in [-0.2, 0) is 20.1 Å². The summed E-state index contributed by atoms with van der Waals surface area (Å²) in [5, 5.41) is 1.82. The first-order chi connectivity index (χ1) is 19.9. The maximum absolute atomic E-state index is 8.10. The molecule has 4 heteroatoms. The van der Waals surface area contributed by atoms with Gasteiger partial charge >= 0.3 is 0 Å². The molecule has 181 valence electrons. The van der Waals surface area contributed by atoms with E-state index < -0.39 is 5.89 Å². The summed E-state index contributed by atoms with van der Waals surface area (Å²) in [6.45, 7) is 5.36. The second-order valence-electron chi connectivity index (χ2n) is 8.19. The SMILES string of the molecule is [2H]c1c(C([2H])(C)C)cnc(-c2[c-]cccc2)c1[2H].[2H]c1nc(-c2[c-]ccc3c2oc2cc(C)ccc23)c([2H])c([2H])c1[2H].[Ir]. The summed E-state index contributed by atoms with van der Waals surface area (Å²) >= 11 is 0. The minimum atomic E-state index is -0.918. The molecule has 0 aliphatic rings. The van der Waals surface area contributed by atoms with Gasteiger partial charge in [-0.05, 0) is 47.4 Å². The summed E-state index contributed by atoms with van der Waals surface area (Å²) < 4.78 is 61.2. The molecule has 0 saturated heterocycles. The van der Waals surface area contributed by atoms with Crippen LogP contribution in [0.5, 0.6) is 0 Å². The maximum Gasteiger partial charge on any atom is 0.121 e. The van der Waals surface area contributed by atoms with Crippen LogP contribution in [0, 0.1) is 19.1 Å². The van der Waals surface area contributed by atoms with Crippen molar-refractivity contribution < 1.29 is 34.1 Å². The van der Waals surface area contributed by atoms with E-state index in [0.717, 1.165) is 21.9 Å². The van der Waals surface area contributed by atoms with E-state index in [1.165, 1.54) is 6.20 Å². The third-order valence-corrected chi connectivity index (χ3v) is 5.43. The van der Waals surface area contributed by atoms with Crippen LogP contribution >= 0.6 is 0 Å². The molecule has 0 atom stereocenters. The molecule has 0 bridgehead atoms. The molecule has 6 rings (SSSR count). The van der Waals surface area contributed by atoms with Gasteiger partial charge in [-0.1, -0.05) is 61.1 Å². The van der Waals surface area contributed by atoms with Crippen molar-refractivity contribution in [1.82, 2.24) is 9.97 Å². The minimum absolute atomic E-state index is 0. The Balaban J connectivity index is 0.000000201. The largest absolute Gasteiger partial charge is 0.501 e. The second-order valence-corrected chi connectivity index (χ2v) is 8.19. The Labute approximate surface area is 235 Å². The first-order valence-electron chi connectivity index (χ1n) is 14.6. The molecule has 3 aromatic heterocycles. The third-order valence-electron chi connectivity index (χ3n) is 5.43. The number of aromatic nitrogens is 2. The number of nitrogens with zero attached hydrogens (tertiary/aromatic N) is 2. The van der Waals surface area contributed by atoms with Gasteiger partial charge in [0.1, 0.15) is 5.58 Å². The van der Waals surface area contributed by atoms with Gasteiger partial charge in [0.2, 0.25) is 0 Å². The normalized spacial score (nSPS) is 13.7. The Morgan fingerprint density at radius 1 is 0.917 bits per heavy atom. The van der Waals surface area contributed by atoms with Crippen LogP contribution in [0.15, 0.2) is 102 Å². The zero-order chi connectivity index (χ0) is 30.3. The van der Waals surface area contributed by atoms with Crippen LogP contribution in [0.25, 0.3) is 44.5 Å². The van der Waals surface area contributed by atoms with Gasteiger partial charge in [-0.3, -0.25) is 0 Å². The number of benzene rings is 3. The summed E-state index contributed by atoms with van der Waals surface area (Å²) in [4.78, 5) is 8.24. The van der Waals surface area contributed by atoms with Crippen molar-refractivity contribution in [1.29, 1.82) is 0 Å². The molecule has 36 heavy (non-hydrogen) atoms. The summed E-state index contributed by atoms with van der Waals surface area (Å²) in [6, 6.07) is 22.0. The Morgan fingerprint density at radius 2 is 1.81 bits per heavy atom. The fourth-order valence-electron chi connectivity index (χ4n) is 3.63. The topological polar surface area (TPSA) is 38.9 Å². The van der Waals surface area contributed by atoms with Crippen molar-refractivity contribution in [2.75, 3.05) is 0 Å². The summed E-state index contributed by atoms with van der Waals surface area (Å²) in [5.41, 5.74) is 4.51. The van der Waals surface area contributed by atoms with E-state index in [9.17, 15) is 0 Å². The fraction of sp³-hybridized carbons (Fsp3) is 0.125. The molecule has 0 saturated carbocycles. The van der Waals surface area contributed by atoms with Crippen molar-refractivity contribution in [3.05, 3.63) is 120 Å². The summed E-state index contributed by atoms with van der Waals surface area (Å²) in [7, 11) is 0. The Bertz CT molecular complexity index is 1950. The molecule has 3 aromatic carbocycles. The smallest absolute Gasteiger partial charge is 0.121 e. The standard InChI is InChI=1S/C18H12NO.C14H14N.Ir/c1-12-8-9-13-14-5-4-6-15(16-7-2-3-10-19-16)18(14)20-17(13)11-12;1-11(2)13-8-9-14(15-10-13)12-6-4-3-5-7-12;/h2-5,7-11H,1H3;3-6,8-11H,1-2H3;/q2*-1;/i2D,3D,7D,10D;8D,9D,11D;. The molecular formula is C32H26IrN2O-2. The van der Waals surface area contributed by atoms with E-state index in [1.807, 2.05) is 49.4 Å². The number of hydrogen-bond acceptors (Lipinski definition) is 3. The van der Waals surface area contributed by atoms with Crippen LogP contribution in [0.3, 0.4) is 0 Å². The Morgan fingerprint density at radius 3 is 2.61 bits per heavy atom. The van der Waals surface area contributed by atoms with E-state index in [1.54, 1.807) is 26.0 Å². The number of rotatable bonds is 3. The van der Waals surface area contributed by atoms with E-state index in [4.69, 9.17) is 14.0 Å². The van der Waals surface area contributed by atoms with Crippen LogP contribution in [0.2, 0.25) is 0 Å². The molecule has 0 unspecified atom stereocenters. The minimum Gasteiger partial charge on any atom is -0.501 e. The summed E-state index contributed by atoms with van der Waals surface area (Å²) in [5.74, 6) is -0.918. The van der Waals surface area contributed by atoms with Gasteiger partial charge in [-0.25, -0.2) is 0 Å². The van der Waals surface area contributed by atoms with Gasteiger partial charge in [0.25, 0.3) is 0 Å². The van der Waals surface area contributed by atoms with Gasteiger partial charge in [0.05, 0.1) is 13.8 Å². The van der Waals surface area contributed by atoms with E-state index in [0.29, 0.717) is 28.0 Å². The van der Waals surface area contributed by atoms with Crippen molar-refractivity contribution in [3.63, 3.8) is 0 Å². The van der Waals surface area contributed by atoms with E-state index in [-0.39, 0.29) is 62.2 Å². The molecule has 0 N–H and O–H groups in total. The molecule has 1 radical (unpaired) electrons. The fourth-order valence-corrected chi connectivity index (χ4v) is 3.63. The average molecular weight is 654 g/mol. The van der Waals surface area contributed by atoms with Crippen molar-refractivity contribution in [3.8, 4) is 22.5 Å². The maximum atomic E-state index is 8.10. The van der Waals surface area contributed by atoms with Crippen molar-refractivity contribution in [2.45, 2.75) is 26.7 Å². The first-order valence-corrected chi connectivity index (χ1v) is 11.1. The molecule has 0 spiro atoms. The Kier molecular flexibility index (Phi) is 5.64. The zero-order valence-corrected chi connectivity index (χ0v) is 22.3. The average Bonchev–Trinajstić information content (AvgIpc) is 3.33. The molecule has 3 heterocycles. The van der Waals surface area contributed by atoms with Crippen LogP contribution < -0.4 is 0 Å². The monoisotopic (exact) mass is 654 g/mol. The number of hydrogen-bond donors (Lipinski definition) is 0. The number of fused-ring (bicyclic) bond motifs is 3. The van der Waals surface area contributed by atoms with Crippen molar-refractivity contribution >= 4 is 21.9 Å². The van der Waals surface area contributed by atoms with E-state index in [2.05, 4.69) is 22.1 Å². The third kappa shape index (κ3) is 5.46. The second kappa shape index (κ2) is 11.4. The Hall–Kier alpha value is -3.59. The predicted octanol–water partition coefficient (Wildman–Crippen LogP) is 8.43. The van der Waals surface area contributed by atoms with Crippen LogP contribution in [0.1, 0.15) is 40.5 Å². The molecular weight excluding hydrogens is 621 g/mol. The van der Waals surface area contributed by atoms with Gasteiger partial charge in [0, 0.05) is 39.2 Å². The van der Waals surface area contributed by atoms with Gasteiger partial charge < -0.3 is 14.4 Å². The molecule has 0 aliphatic heterocycles.